The Morgan fingerprint density at radius 1 is 1.10 bits per heavy atom. The Balaban J connectivity index is 1.39. The van der Waals surface area contributed by atoms with Crippen molar-refractivity contribution in [2.24, 2.45) is 0 Å². The van der Waals surface area contributed by atoms with Crippen molar-refractivity contribution in [3.8, 4) is 0 Å². The van der Waals surface area contributed by atoms with Gasteiger partial charge in [-0.05, 0) is 36.1 Å². The molecule has 2 aromatic rings. The first-order chi connectivity index (χ1) is 14.2. The fourth-order valence-electron chi connectivity index (χ4n) is 3.56. The summed E-state index contributed by atoms with van der Waals surface area (Å²) in [6.45, 7) is 4.39. The molecule has 5 nitrogen and oxygen atoms in total. The first-order valence-electron chi connectivity index (χ1n) is 10.5. The maximum atomic E-state index is 12.5. The standard InChI is InChI=1S/C24H30N2O3/c1-2-7-19-11-13-21(14-12-19)24(28)25-15-6-10-23(27)26-16-17-29-22(18-26)20-8-4-3-5-9-20/h3-5,8-9,11-14,22H,2,6-7,10,15-18H2,1H3,(H,25,28). The van der Waals surface area contributed by atoms with E-state index >= 15 is 0 Å². The lowest BCUT2D eigenvalue weighted by Gasteiger charge is -2.33. The van der Waals surface area contributed by atoms with E-state index in [0.29, 0.717) is 44.6 Å². The van der Waals surface area contributed by atoms with Gasteiger partial charge < -0.3 is 15.0 Å². The Kier molecular flexibility index (Phi) is 7.82. The second kappa shape index (κ2) is 10.8. The van der Waals surface area contributed by atoms with Crippen molar-refractivity contribution in [2.45, 2.75) is 38.7 Å². The fourth-order valence-corrected chi connectivity index (χ4v) is 3.56. The molecule has 154 valence electrons. The number of nitrogens with zero attached hydrogens (tertiary/aromatic N) is 1. The van der Waals surface area contributed by atoms with E-state index in [9.17, 15) is 9.59 Å². The first-order valence-corrected chi connectivity index (χ1v) is 10.5. The second-order valence-corrected chi connectivity index (χ2v) is 7.42. The van der Waals surface area contributed by atoms with E-state index in [1.54, 1.807) is 0 Å². The van der Waals surface area contributed by atoms with Crippen LogP contribution in [0.5, 0.6) is 0 Å². The zero-order chi connectivity index (χ0) is 20.5. The number of ether oxygens (including phenoxy) is 1. The Morgan fingerprint density at radius 3 is 2.59 bits per heavy atom. The van der Waals surface area contributed by atoms with Crippen LogP contribution in [0.25, 0.3) is 0 Å². The van der Waals surface area contributed by atoms with E-state index in [0.717, 1.165) is 18.4 Å². The smallest absolute Gasteiger partial charge is 0.251 e. The van der Waals surface area contributed by atoms with E-state index in [2.05, 4.69) is 12.2 Å². The van der Waals surface area contributed by atoms with Crippen LogP contribution in [-0.2, 0) is 16.0 Å². The van der Waals surface area contributed by atoms with Crippen molar-refractivity contribution in [3.05, 3.63) is 71.3 Å². The molecule has 0 bridgehead atoms. The van der Waals surface area contributed by atoms with Crippen LogP contribution in [0, 0.1) is 0 Å². The van der Waals surface area contributed by atoms with Crippen LogP contribution >= 0.6 is 0 Å². The average molecular weight is 395 g/mol. The predicted molar refractivity (Wildman–Crippen MR) is 114 cm³/mol. The van der Waals surface area contributed by atoms with Crippen molar-refractivity contribution in [1.29, 1.82) is 0 Å². The topological polar surface area (TPSA) is 58.6 Å². The van der Waals surface area contributed by atoms with E-state index in [1.807, 2.05) is 59.5 Å². The van der Waals surface area contributed by atoms with Crippen LogP contribution in [-0.4, -0.2) is 43.0 Å². The number of nitrogens with one attached hydrogen (secondary N) is 1. The second-order valence-electron chi connectivity index (χ2n) is 7.42. The number of carbonyl (C=O) groups excluding carboxylic acids is 2. The molecule has 1 aliphatic rings. The van der Waals surface area contributed by atoms with Crippen molar-refractivity contribution in [2.75, 3.05) is 26.2 Å². The summed E-state index contributed by atoms with van der Waals surface area (Å²) in [4.78, 5) is 26.7. The van der Waals surface area contributed by atoms with Gasteiger partial charge in [0, 0.05) is 25.1 Å². The highest BCUT2D eigenvalue weighted by Crippen LogP contribution is 2.22. The number of carbonyl (C=O) groups is 2. The minimum absolute atomic E-state index is 0.0655. The molecule has 2 amide bonds. The average Bonchev–Trinajstić information content (AvgIpc) is 2.78. The van der Waals surface area contributed by atoms with Gasteiger partial charge in [0.15, 0.2) is 0 Å². The molecule has 1 unspecified atom stereocenters. The number of amides is 2. The molecule has 0 aliphatic carbocycles. The Hall–Kier alpha value is -2.66. The minimum atomic E-state index is -0.0870. The highest BCUT2D eigenvalue weighted by atomic mass is 16.5. The third-order valence-electron chi connectivity index (χ3n) is 5.20. The van der Waals surface area contributed by atoms with Crippen LogP contribution < -0.4 is 5.32 Å². The fraction of sp³-hybridized carbons (Fsp3) is 0.417. The molecule has 1 heterocycles. The summed E-state index contributed by atoms with van der Waals surface area (Å²) in [7, 11) is 0. The highest BCUT2D eigenvalue weighted by molar-refractivity contribution is 5.94. The number of rotatable bonds is 8. The Bertz CT molecular complexity index is 790. The largest absolute Gasteiger partial charge is 0.370 e. The van der Waals surface area contributed by atoms with Gasteiger partial charge in [-0.3, -0.25) is 9.59 Å². The molecular formula is C24H30N2O3. The van der Waals surface area contributed by atoms with E-state index in [-0.39, 0.29) is 17.9 Å². The Morgan fingerprint density at radius 2 is 1.86 bits per heavy atom. The zero-order valence-corrected chi connectivity index (χ0v) is 17.1. The quantitative estimate of drug-likeness (QED) is 0.694. The molecular weight excluding hydrogens is 364 g/mol. The number of morpholine rings is 1. The summed E-state index contributed by atoms with van der Waals surface area (Å²) >= 11 is 0. The summed E-state index contributed by atoms with van der Waals surface area (Å²) < 4.78 is 5.82. The SMILES string of the molecule is CCCc1ccc(C(=O)NCCCC(=O)N2CCOC(c3ccccc3)C2)cc1. The molecule has 2 aromatic carbocycles. The summed E-state index contributed by atoms with van der Waals surface area (Å²) in [5.74, 6) is 0.0309. The van der Waals surface area contributed by atoms with Crippen LogP contribution in [0.3, 0.4) is 0 Å². The van der Waals surface area contributed by atoms with E-state index < -0.39 is 0 Å². The molecule has 1 fully saturated rings. The number of hydrogen-bond donors (Lipinski definition) is 1. The van der Waals surface area contributed by atoms with Crippen molar-refractivity contribution in [1.82, 2.24) is 10.2 Å². The molecule has 1 N–H and O–H groups in total. The van der Waals surface area contributed by atoms with Gasteiger partial charge in [0.1, 0.15) is 6.10 Å². The van der Waals surface area contributed by atoms with Gasteiger partial charge in [-0.25, -0.2) is 0 Å². The third-order valence-corrected chi connectivity index (χ3v) is 5.20. The normalized spacial score (nSPS) is 16.4. The lowest BCUT2D eigenvalue weighted by atomic mass is 10.1. The number of benzene rings is 2. The maximum absolute atomic E-state index is 12.5. The molecule has 0 radical (unpaired) electrons. The van der Waals surface area contributed by atoms with Crippen molar-refractivity contribution >= 4 is 11.8 Å². The Labute approximate surface area is 173 Å². The van der Waals surface area contributed by atoms with Gasteiger partial charge in [-0.15, -0.1) is 0 Å². The molecule has 0 saturated carbocycles. The van der Waals surface area contributed by atoms with Gasteiger partial charge in [-0.2, -0.15) is 0 Å². The molecule has 0 aromatic heterocycles. The van der Waals surface area contributed by atoms with E-state index in [1.165, 1.54) is 5.56 Å². The summed E-state index contributed by atoms with van der Waals surface area (Å²) in [5, 5.41) is 2.91. The summed E-state index contributed by atoms with van der Waals surface area (Å²) in [6, 6.07) is 17.7. The van der Waals surface area contributed by atoms with E-state index in [4.69, 9.17) is 4.74 Å². The minimum Gasteiger partial charge on any atom is -0.370 e. The molecule has 0 spiro atoms. The molecule has 3 rings (SSSR count). The number of hydrogen-bond acceptors (Lipinski definition) is 3. The third kappa shape index (κ3) is 6.16. The van der Waals surface area contributed by atoms with Gasteiger partial charge in [-0.1, -0.05) is 55.8 Å². The zero-order valence-electron chi connectivity index (χ0n) is 17.1. The van der Waals surface area contributed by atoms with Crippen LogP contribution in [0.15, 0.2) is 54.6 Å². The van der Waals surface area contributed by atoms with Gasteiger partial charge in [0.05, 0.1) is 13.2 Å². The number of aryl methyl sites for hydroxylation is 1. The monoisotopic (exact) mass is 394 g/mol. The molecule has 1 atom stereocenters. The van der Waals surface area contributed by atoms with Crippen molar-refractivity contribution < 1.29 is 14.3 Å². The molecule has 1 aliphatic heterocycles. The highest BCUT2D eigenvalue weighted by Gasteiger charge is 2.24. The summed E-state index contributed by atoms with van der Waals surface area (Å²) in [5.41, 5.74) is 3.01. The van der Waals surface area contributed by atoms with Crippen molar-refractivity contribution in [3.63, 3.8) is 0 Å². The first kappa shape index (κ1) is 21.1. The van der Waals surface area contributed by atoms with Gasteiger partial charge in [0.2, 0.25) is 5.91 Å². The van der Waals surface area contributed by atoms with Crippen LogP contribution in [0.2, 0.25) is 0 Å². The molecule has 29 heavy (non-hydrogen) atoms. The van der Waals surface area contributed by atoms with Crippen LogP contribution in [0.4, 0.5) is 0 Å². The van der Waals surface area contributed by atoms with Gasteiger partial charge >= 0.3 is 0 Å². The predicted octanol–water partition coefficient (Wildman–Crippen LogP) is 3.75. The maximum Gasteiger partial charge on any atom is 0.251 e. The lowest BCUT2D eigenvalue weighted by Crippen LogP contribution is -2.42. The van der Waals surface area contributed by atoms with Crippen LogP contribution in [0.1, 0.15) is 53.8 Å². The molecule has 5 heteroatoms. The van der Waals surface area contributed by atoms with Gasteiger partial charge in [0.25, 0.3) is 5.91 Å². The summed E-state index contributed by atoms with van der Waals surface area (Å²) in [6.07, 6.45) is 3.11. The lowest BCUT2D eigenvalue weighted by molar-refractivity contribution is -0.139. The molecule has 1 saturated heterocycles.